The fourth-order valence-corrected chi connectivity index (χ4v) is 3.15. The molecular formula is C20H21N3O4. The van der Waals surface area contributed by atoms with Crippen molar-refractivity contribution in [1.82, 2.24) is 0 Å². The second-order valence-corrected chi connectivity index (χ2v) is 6.85. The van der Waals surface area contributed by atoms with Crippen molar-refractivity contribution < 1.29 is 14.5 Å². The molecule has 2 aromatic rings. The molecule has 0 fully saturated rings. The van der Waals surface area contributed by atoms with Crippen LogP contribution in [0.1, 0.15) is 36.2 Å². The molecule has 140 valence electrons. The summed E-state index contributed by atoms with van der Waals surface area (Å²) >= 11 is 0. The summed E-state index contributed by atoms with van der Waals surface area (Å²) < 4.78 is 0. The Labute approximate surface area is 157 Å². The smallest absolute Gasteiger partial charge is 0.269 e. The standard InChI is InChI=1S/C20H21N3O4/c1-13(2)20(25)22-11-3-4-15-12-16(7-10-18(15)22)21-19(24)14-5-8-17(9-6-14)23(26)27/h5-10,12-13H,3-4,11H2,1-2H3,(H,21,24). The van der Waals surface area contributed by atoms with E-state index in [-0.39, 0.29) is 23.4 Å². The lowest BCUT2D eigenvalue weighted by atomic mass is 9.99. The highest BCUT2D eigenvalue weighted by Gasteiger charge is 2.24. The molecule has 0 spiro atoms. The Morgan fingerprint density at radius 1 is 1.15 bits per heavy atom. The highest BCUT2D eigenvalue weighted by molar-refractivity contribution is 6.04. The van der Waals surface area contributed by atoms with Crippen molar-refractivity contribution in [3.05, 3.63) is 63.7 Å². The molecule has 27 heavy (non-hydrogen) atoms. The molecule has 0 saturated carbocycles. The predicted molar refractivity (Wildman–Crippen MR) is 103 cm³/mol. The highest BCUT2D eigenvalue weighted by Crippen LogP contribution is 2.31. The van der Waals surface area contributed by atoms with Gasteiger partial charge in [0.05, 0.1) is 4.92 Å². The fourth-order valence-electron chi connectivity index (χ4n) is 3.15. The largest absolute Gasteiger partial charge is 0.322 e. The zero-order valence-electron chi connectivity index (χ0n) is 15.3. The number of amides is 2. The van der Waals surface area contributed by atoms with Gasteiger partial charge in [0.25, 0.3) is 11.6 Å². The van der Waals surface area contributed by atoms with Crippen LogP contribution >= 0.6 is 0 Å². The Balaban J connectivity index is 1.78. The SMILES string of the molecule is CC(C)C(=O)N1CCCc2cc(NC(=O)c3ccc([N+](=O)[O-])cc3)ccc21. The van der Waals surface area contributed by atoms with Gasteiger partial charge in [-0.3, -0.25) is 19.7 Å². The molecule has 0 atom stereocenters. The number of hydrogen-bond donors (Lipinski definition) is 1. The van der Waals surface area contributed by atoms with Gasteiger partial charge in [-0.15, -0.1) is 0 Å². The summed E-state index contributed by atoms with van der Waals surface area (Å²) in [7, 11) is 0. The topological polar surface area (TPSA) is 92.6 Å². The molecule has 2 amide bonds. The molecule has 0 aromatic heterocycles. The van der Waals surface area contributed by atoms with E-state index >= 15 is 0 Å². The summed E-state index contributed by atoms with van der Waals surface area (Å²) in [6, 6.07) is 11.0. The summed E-state index contributed by atoms with van der Waals surface area (Å²) in [5.41, 5.74) is 2.84. The van der Waals surface area contributed by atoms with E-state index in [1.54, 1.807) is 6.07 Å². The third-order valence-corrected chi connectivity index (χ3v) is 4.56. The molecule has 0 saturated heterocycles. The summed E-state index contributed by atoms with van der Waals surface area (Å²) in [5.74, 6) is -0.313. The Morgan fingerprint density at radius 3 is 2.48 bits per heavy atom. The third kappa shape index (κ3) is 3.97. The number of hydrogen-bond acceptors (Lipinski definition) is 4. The van der Waals surface area contributed by atoms with Gasteiger partial charge < -0.3 is 10.2 Å². The van der Waals surface area contributed by atoms with Crippen molar-refractivity contribution in [2.24, 2.45) is 5.92 Å². The summed E-state index contributed by atoms with van der Waals surface area (Å²) in [5, 5.41) is 13.5. The number of carbonyl (C=O) groups is 2. The normalized spacial score (nSPS) is 13.2. The summed E-state index contributed by atoms with van der Waals surface area (Å²) in [6.07, 6.45) is 1.73. The van der Waals surface area contributed by atoms with Gasteiger partial charge in [0, 0.05) is 41.5 Å². The molecule has 3 rings (SSSR count). The molecular weight excluding hydrogens is 346 g/mol. The number of nitro benzene ring substituents is 1. The zero-order valence-corrected chi connectivity index (χ0v) is 15.3. The molecule has 0 radical (unpaired) electrons. The first kappa shape index (κ1) is 18.6. The van der Waals surface area contributed by atoms with Crippen LogP contribution in [-0.4, -0.2) is 23.3 Å². The maximum atomic E-state index is 12.4. The maximum absolute atomic E-state index is 12.4. The molecule has 0 aliphatic carbocycles. The fraction of sp³-hybridized carbons (Fsp3) is 0.300. The van der Waals surface area contributed by atoms with Gasteiger partial charge in [-0.1, -0.05) is 13.8 Å². The second kappa shape index (κ2) is 7.57. The van der Waals surface area contributed by atoms with Gasteiger partial charge >= 0.3 is 0 Å². The van der Waals surface area contributed by atoms with E-state index in [2.05, 4.69) is 5.32 Å². The van der Waals surface area contributed by atoms with Crippen LogP contribution < -0.4 is 10.2 Å². The number of nitrogens with zero attached hydrogens (tertiary/aromatic N) is 2. The lowest BCUT2D eigenvalue weighted by Gasteiger charge is -2.31. The van der Waals surface area contributed by atoms with Crippen LogP contribution in [0, 0.1) is 16.0 Å². The molecule has 2 aromatic carbocycles. The first-order valence-corrected chi connectivity index (χ1v) is 8.87. The van der Waals surface area contributed by atoms with E-state index in [9.17, 15) is 19.7 Å². The van der Waals surface area contributed by atoms with Gasteiger partial charge in [0.1, 0.15) is 0 Å². The van der Waals surface area contributed by atoms with Crippen LogP contribution in [0.3, 0.4) is 0 Å². The minimum absolute atomic E-state index is 0.0600. The number of nitrogens with one attached hydrogen (secondary N) is 1. The number of benzene rings is 2. The van der Waals surface area contributed by atoms with Crippen molar-refractivity contribution in [3.8, 4) is 0 Å². The average Bonchev–Trinajstić information content (AvgIpc) is 2.66. The van der Waals surface area contributed by atoms with Crippen molar-refractivity contribution in [1.29, 1.82) is 0 Å². The van der Waals surface area contributed by atoms with Crippen LogP contribution in [0.15, 0.2) is 42.5 Å². The zero-order chi connectivity index (χ0) is 19.6. The van der Waals surface area contributed by atoms with E-state index < -0.39 is 4.92 Å². The van der Waals surface area contributed by atoms with Gasteiger partial charge in [0.2, 0.25) is 5.91 Å². The predicted octanol–water partition coefficient (Wildman–Crippen LogP) is 3.78. The number of rotatable bonds is 4. The Bertz CT molecular complexity index is 891. The number of nitro groups is 1. The quantitative estimate of drug-likeness (QED) is 0.657. The molecule has 1 aliphatic heterocycles. The first-order chi connectivity index (χ1) is 12.9. The maximum Gasteiger partial charge on any atom is 0.269 e. The van der Waals surface area contributed by atoms with Crippen LogP contribution in [-0.2, 0) is 11.2 Å². The molecule has 1 aliphatic rings. The number of non-ortho nitro benzene ring substituents is 1. The van der Waals surface area contributed by atoms with Crippen molar-refractivity contribution in [2.45, 2.75) is 26.7 Å². The van der Waals surface area contributed by atoms with Crippen molar-refractivity contribution in [3.63, 3.8) is 0 Å². The molecule has 7 nitrogen and oxygen atoms in total. The molecule has 1 heterocycles. The van der Waals surface area contributed by atoms with E-state index in [0.29, 0.717) is 17.8 Å². The van der Waals surface area contributed by atoms with Crippen molar-refractivity contribution >= 4 is 28.9 Å². The van der Waals surface area contributed by atoms with E-state index in [0.717, 1.165) is 24.1 Å². The van der Waals surface area contributed by atoms with E-state index in [1.165, 1.54) is 24.3 Å². The van der Waals surface area contributed by atoms with Gasteiger partial charge in [-0.05, 0) is 48.7 Å². The van der Waals surface area contributed by atoms with Crippen LogP contribution in [0.25, 0.3) is 0 Å². The lowest BCUT2D eigenvalue weighted by molar-refractivity contribution is -0.384. The highest BCUT2D eigenvalue weighted by atomic mass is 16.6. The molecule has 1 N–H and O–H groups in total. The van der Waals surface area contributed by atoms with Crippen LogP contribution in [0.4, 0.5) is 17.1 Å². The van der Waals surface area contributed by atoms with E-state index in [4.69, 9.17) is 0 Å². The molecule has 0 bridgehead atoms. The Hall–Kier alpha value is -3.22. The summed E-state index contributed by atoms with van der Waals surface area (Å²) in [6.45, 7) is 4.48. The number of aryl methyl sites for hydroxylation is 1. The molecule has 7 heteroatoms. The van der Waals surface area contributed by atoms with E-state index in [1.807, 2.05) is 30.9 Å². The van der Waals surface area contributed by atoms with Crippen LogP contribution in [0.2, 0.25) is 0 Å². The third-order valence-electron chi connectivity index (χ3n) is 4.56. The summed E-state index contributed by atoms with van der Waals surface area (Å²) in [4.78, 5) is 36.8. The van der Waals surface area contributed by atoms with Gasteiger partial charge in [-0.2, -0.15) is 0 Å². The minimum atomic E-state index is -0.505. The van der Waals surface area contributed by atoms with Gasteiger partial charge in [-0.25, -0.2) is 0 Å². The number of carbonyl (C=O) groups excluding carboxylic acids is 2. The Morgan fingerprint density at radius 2 is 1.85 bits per heavy atom. The minimum Gasteiger partial charge on any atom is -0.322 e. The monoisotopic (exact) mass is 367 g/mol. The van der Waals surface area contributed by atoms with Gasteiger partial charge in [0.15, 0.2) is 0 Å². The lowest BCUT2D eigenvalue weighted by Crippen LogP contribution is -2.38. The molecule has 0 unspecified atom stereocenters. The number of fused-ring (bicyclic) bond motifs is 1. The number of anilines is 2. The Kier molecular flexibility index (Phi) is 5.21. The van der Waals surface area contributed by atoms with Crippen LogP contribution in [0.5, 0.6) is 0 Å². The second-order valence-electron chi connectivity index (χ2n) is 6.85. The first-order valence-electron chi connectivity index (χ1n) is 8.87. The van der Waals surface area contributed by atoms with Crippen molar-refractivity contribution in [2.75, 3.05) is 16.8 Å². The average molecular weight is 367 g/mol.